The lowest BCUT2D eigenvalue weighted by Crippen LogP contribution is -2.14. The van der Waals surface area contributed by atoms with E-state index in [1.165, 1.54) is 6.92 Å². The zero-order valence-electron chi connectivity index (χ0n) is 7.46. The Hall–Kier alpha value is -1.79. The summed E-state index contributed by atoms with van der Waals surface area (Å²) in [6.45, 7) is 1.21. The molecule has 1 aromatic rings. The second-order valence-corrected chi connectivity index (χ2v) is 2.78. The van der Waals surface area contributed by atoms with Gasteiger partial charge in [0.2, 0.25) is 0 Å². The molecule has 0 aliphatic carbocycles. The minimum Gasteiger partial charge on any atom is -0.505 e. The summed E-state index contributed by atoms with van der Waals surface area (Å²) in [5.74, 6) is -2.80. The van der Waals surface area contributed by atoms with Crippen molar-refractivity contribution in [2.75, 3.05) is 0 Å². The quantitative estimate of drug-likeness (QED) is 0.758. The van der Waals surface area contributed by atoms with Gasteiger partial charge in [0.1, 0.15) is 5.56 Å². The predicted molar refractivity (Wildman–Crippen MR) is 42.6 cm³/mol. The zero-order valence-corrected chi connectivity index (χ0v) is 7.46. The summed E-state index contributed by atoms with van der Waals surface area (Å²) in [6, 6.07) is 0. The number of alkyl halides is 3. The van der Waals surface area contributed by atoms with Crippen molar-refractivity contribution in [3.05, 3.63) is 23.0 Å². The molecule has 0 aliphatic rings. The van der Waals surface area contributed by atoms with Crippen molar-refractivity contribution < 1.29 is 28.2 Å². The highest BCUT2D eigenvalue weighted by Gasteiger charge is 2.37. The Balaban J connectivity index is 3.55. The molecular formula is C8H6F3NO3. The summed E-state index contributed by atoms with van der Waals surface area (Å²) in [5.41, 5.74) is -2.80. The summed E-state index contributed by atoms with van der Waals surface area (Å²) < 4.78 is 36.9. The Labute approximate surface area is 82.0 Å². The molecule has 1 aromatic heterocycles. The van der Waals surface area contributed by atoms with Gasteiger partial charge in [-0.15, -0.1) is 0 Å². The second kappa shape index (κ2) is 3.41. The monoisotopic (exact) mass is 221 g/mol. The number of aromatic hydroxyl groups is 1. The van der Waals surface area contributed by atoms with Gasteiger partial charge in [0.25, 0.3) is 0 Å². The topological polar surface area (TPSA) is 70.4 Å². The number of halogens is 3. The fourth-order valence-electron chi connectivity index (χ4n) is 1.03. The van der Waals surface area contributed by atoms with Crippen molar-refractivity contribution in [2.24, 2.45) is 0 Å². The van der Waals surface area contributed by atoms with Gasteiger partial charge in [-0.3, -0.25) is 4.98 Å². The average Bonchev–Trinajstić information content (AvgIpc) is 2.06. The van der Waals surface area contributed by atoms with Crippen LogP contribution in [0.15, 0.2) is 6.20 Å². The Kier molecular flexibility index (Phi) is 2.57. The smallest absolute Gasteiger partial charge is 0.418 e. The summed E-state index contributed by atoms with van der Waals surface area (Å²) >= 11 is 0. The van der Waals surface area contributed by atoms with Gasteiger partial charge in [-0.25, -0.2) is 4.79 Å². The first-order valence-corrected chi connectivity index (χ1v) is 3.74. The molecule has 0 radical (unpaired) electrons. The molecule has 15 heavy (non-hydrogen) atoms. The van der Waals surface area contributed by atoms with E-state index in [4.69, 9.17) is 10.2 Å². The molecule has 7 heteroatoms. The highest BCUT2D eigenvalue weighted by atomic mass is 19.4. The van der Waals surface area contributed by atoms with Crippen molar-refractivity contribution in [3.8, 4) is 5.75 Å². The van der Waals surface area contributed by atoms with E-state index >= 15 is 0 Å². The third kappa shape index (κ3) is 2.00. The van der Waals surface area contributed by atoms with Crippen LogP contribution in [0.2, 0.25) is 0 Å². The number of aryl methyl sites for hydroxylation is 1. The summed E-state index contributed by atoms with van der Waals surface area (Å²) in [5, 5.41) is 17.7. The van der Waals surface area contributed by atoms with E-state index in [1.54, 1.807) is 0 Å². The molecule has 1 heterocycles. The molecule has 0 saturated heterocycles. The highest BCUT2D eigenvalue weighted by molar-refractivity contribution is 5.92. The summed E-state index contributed by atoms with van der Waals surface area (Å²) in [4.78, 5) is 13.8. The van der Waals surface area contributed by atoms with E-state index < -0.39 is 29.0 Å². The SMILES string of the molecule is Cc1ncc(C(F)(F)F)c(C(=O)O)c1O. The molecule has 0 bridgehead atoms. The van der Waals surface area contributed by atoms with Crippen molar-refractivity contribution in [2.45, 2.75) is 13.1 Å². The molecule has 0 unspecified atom stereocenters. The Bertz CT molecular complexity index is 414. The molecule has 0 spiro atoms. The minimum atomic E-state index is -4.86. The van der Waals surface area contributed by atoms with E-state index in [2.05, 4.69) is 4.98 Å². The molecule has 0 amide bonds. The second-order valence-electron chi connectivity index (χ2n) is 2.78. The fraction of sp³-hybridized carbons (Fsp3) is 0.250. The van der Waals surface area contributed by atoms with Gasteiger partial charge in [0, 0.05) is 6.20 Å². The number of aromatic carboxylic acids is 1. The number of hydrogen-bond donors (Lipinski definition) is 2. The first kappa shape index (κ1) is 11.3. The van der Waals surface area contributed by atoms with E-state index in [-0.39, 0.29) is 5.69 Å². The van der Waals surface area contributed by atoms with Gasteiger partial charge in [-0.05, 0) is 6.92 Å². The van der Waals surface area contributed by atoms with Crippen molar-refractivity contribution >= 4 is 5.97 Å². The number of rotatable bonds is 1. The zero-order chi connectivity index (χ0) is 11.8. The molecule has 1 rings (SSSR count). The van der Waals surface area contributed by atoms with Crippen LogP contribution >= 0.6 is 0 Å². The van der Waals surface area contributed by atoms with Gasteiger partial charge in [-0.1, -0.05) is 0 Å². The van der Waals surface area contributed by atoms with E-state index in [9.17, 15) is 18.0 Å². The first-order chi connectivity index (χ1) is 6.75. The number of carboxylic acid groups (broad SMARTS) is 1. The van der Waals surface area contributed by atoms with Crippen LogP contribution in [-0.4, -0.2) is 21.2 Å². The molecule has 0 aliphatic heterocycles. The maximum atomic E-state index is 12.3. The van der Waals surface area contributed by atoms with Gasteiger partial charge < -0.3 is 10.2 Å². The molecule has 0 fully saturated rings. The summed E-state index contributed by atoms with van der Waals surface area (Å²) in [7, 11) is 0. The largest absolute Gasteiger partial charge is 0.505 e. The highest BCUT2D eigenvalue weighted by Crippen LogP contribution is 2.35. The third-order valence-corrected chi connectivity index (χ3v) is 1.76. The van der Waals surface area contributed by atoms with E-state index in [0.717, 1.165) is 0 Å². The molecule has 82 valence electrons. The number of hydrogen-bond acceptors (Lipinski definition) is 3. The predicted octanol–water partition coefficient (Wildman–Crippen LogP) is 1.81. The van der Waals surface area contributed by atoms with E-state index in [1.807, 2.05) is 0 Å². The molecule has 4 nitrogen and oxygen atoms in total. The molecule has 2 N–H and O–H groups in total. The van der Waals surface area contributed by atoms with Gasteiger partial charge >= 0.3 is 12.1 Å². The van der Waals surface area contributed by atoms with Gasteiger partial charge in [0.05, 0.1) is 11.3 Å². The lowest BCUT2D eigenvalue weighted by Gasteiger charge is -2.11. The van der Waals surface area contributed by atoms with Crippen LogP contribution < -0.4 is 0 Å². The minimum absolute atomic E-state index is 0.166. The van der Waals surface area contributed by atoms with Gasteiger partial charge in [0.15, 0.2) is 5.75 Å². The van der Waals surface area contributed by atoms with Crippen LogP contribution in [0.25, 0.3) is 0 Å². The maximum Gasteiger partial charge on any atom is 0.418 e. The van der Waals surface area contributed by atoms with Gasteiger partial charge in [-0.2, -0.15) is 13.2 Å². The van der Waals surface area contributed by atoms with E-state index in [0.29, 0.717) is 6.20 Å². The van der Waals surface area contributed by atoms with Crippen LogP contribution in [0.5, 0.6) is 5.75 Å². The first-order valence-electron chi connectivity index (χ1n) is 3.74. The lowest BCUT2D eigenvalue weighted by molar-refractivity contribution is -0.138. The number of aromatic nitrogens is 1. The number of pyridine rings is 1. The number of nitrogens with zero attached hydrogens (tertiary/aromatic N) is 1. The van der Waals surface area contributed by atoms with Crippen LogP contribution in [0.1, 0.15) is 21.6 Å². The molecule has 0 atom stereocenters. The molecular weight excluding hydrogens is 215 g/mol. The van der Waals surface area contributed by atoms with Crippen LogP contribution in [-0.2, 0) is 6.18 Å². The fourth-order valence-corrected chi connectivity index (χ4v) is 1.03. The number of carbonyl (C=O) groups is 1. The normalized spacial score (nSPS) is 11.5. The summed E-state index contributed by atoms with van der Waals surface area (Å²) in [6.07, 6.45) is -4.47. The maximum absolute atomic E-state index is 12.3. The molecule has 0 saturated carbocycles. The standard InChI is InChI=1S/C8H6F3NO3/c1-3-6(13)5(7(14)15)4(2-12-3)8(9,10)11/h2,13H,1H3,(H,14,15). The number of carboxylic acids is 1. The van der Waals surface area contributed by atoms with Crippen LogP contribution in [0, 0.1) is 6.92 Å². The Morgan fingerprint density at radius 2 is 2.00 bits per heavy atom. The van der Waals surface area contributed by atoms with Crippen molar-refractivity contribution in [1.29, 1.82) is 0 Å². The average molecular weight is 221 g/mol. The van der Waals surface area contributed by atoms with Crippen LogP contribution in [0.3, 0.4) is 0 Å². The third-order valence-electron chi connectivity index (χ3n) is 1.76. The van der Waals surface area contributed by atoms with Crippen LogP contribution in [0.4, 0.5) is 13.2 Å². The van der Waals surface area contributed by atoms with Crippen molar-refractivity contribution in [1.82, 2.24) is 4.98 Å². The van der Waals surface area contributed by atoms with Crippen molar-refractivity contribution in [3.63, 3.8) is 0 Å². The lowest BCUT2D eigenvalue weighted by atomic mass is 10.1. The Morgan fingerprint density at radius 3 is 2.40 bits per heavy atom. The Morgan fingerprint density at radius 1 is 1.47 bits per heavy atom. The molecule has 0 aromatic carbocycles.